The van der Waals surface area contributed by atoms with E-state index in [4.69, 9.17) is 16.3 Å². The number of ether oxygens (including phenoxy) is 1. The fourth-order valence-corrected chi connectivity index (χ4v) is 5.46. The van der Waals surface area contributed by atoms with Gasteiger partial charge in [-0.15, -0.1) is 0 Å². The van der Waals surface area contributed by atoms with E-state index < -0.39 is 28.5 Å². The van der Waals surface area contributed by atoms with E-state index in [1.165, 1.54) is 23.1 Å². The average Bonchev–Trinajstić information content (AvgIpc) is 2.92. The Morgan fingerprint density at radius 2 is 1.74 bits per heavy atom. The molecule has 1 atom stereocenters. The number of benzene rings is 3. The SMILES string of the molecule is CCNC(=O)[C@H](C)N(Cc1cccc(OC)c1)C(=O)CN(c1ccc(C)c(Cl)c1)S(=O)(=O)c1ccccc1. The minimum Gasteiger partial charge on any atom is -0.497 e. The van der Waals surface area contributed by atoms with Crippen molar-refractivity contribution in [1.82, 2.24) is 10.2 Å². The van der Waals surface area contributed by atoms with Gasteiger partial charge in [0.1, 0.15) is 18.3 Å². The summed E-state index contributed by atoms with van der Waals surface area (Å²) in [6, 6.07) is 19.0. The van der Waals surface area contributed by atoms with Crippen molar-refractivity contribution < 1.29 is 22.7 Å². The summed E-state index contributed by atoms with van der Waals surface area (Å²) >= 11 is 6.33. The number of likely N-dealkylation sites (N-methyl/N-ethyl adjacent to an activating group) is 1. The fraction of sp³-hybridized carbons (Fsp3) is 0.286. The van der Waals surface area contributed by atoms with Gasteiger partial charge in [0.25, 0.3) is 10.0 Å². The van der Waals surface area contributed by atoms with Crippen molar-refractivity contribution >= 4 is 39.1 Å². The van der Waals surface area contributed by atoms with Crippen LogP contribution in [0.4, 0.5) is 5.69 Å². The van der Waals surface area contributed by atoms with E-state index in [1.54, 1.807) is 76.4 Å². The Labute approximate surface area is 229 Å². The number of methoxy groups -OCH3 is 1. The van der Waals surface area contributed by atoms with Gasteiger partial charge in [0, 0.05) is 18.1 Å². The number of aryl methyl sites for hydroxylation is 1. The second kappa shape index (κ2) is 12.8. The number of hydrogen-bond donors (Lipinski definition) is 1. The largest absolute Gasteiger partial charge is 0.497 e. The van der Waals surface area contributed by atoms with Crippen LogP contribution in [0, 0.1) is 6.92 Å². The highest BCUT2D eigenvalue weighted by molar-refractivity contribution is 7.92. The Morgan fingerprint density at radius 3 is 2.37 bits per heavy atom. The van der Waals surface area contributed by atoms with Gasteiger partial charge in [0.15, 0.2) is 0 Å². The Hall–Kier alpha value is -3.56. The molecule has 0 aliphatic rings. The Kier molecular flexibility index (Phi) is 9.77. The first-order valence-corrected chi connectivity index (χ1v) is 13.9. The Morgan fingerprint density at radius 1 is 1.03 bits per heavy atom. The Bertz CT molecular complexity index is 1380. The summed E-state index contributed by atoms with van der Waals surface area (Å²) in [6.45, 7) is 5.13. The van der Waals surface area contributed by atoms with Crippen molar-refractivity contribution in [2.24, 2.45) is 0 Å². The van der Waals surface area contributed by atoms with E-state index in [9.17, 15) is 18.0 Å². The predicted octanol–water partition coefficient (Wildman–Crippen LogP) is 4.41. The number of nitrogens with zero attached hydrogens (tertiary/aromatic N) is 2. The maximum Gasteiger partial charge on any atom is 0.264 e. The van der Waals surface area contributed by atoms with Crippen LogP contribution < -0.4 is 14.4 Å². The number of rotatable bonds is 11. The third kappa shape index (κ3) is 6.85. The highest BCUT2D eigenvalue weighted by Gasteiger charge is 2.32. The average molecular weight is 558 g/mol. The molecular weight excluding hydrogens is 526 g/mol. The van der Waals surface area contributed by atoms with Gasteiger partial charge in [0.05, 0.1) is 17.7 Å². The zero-order chi connectivity index (χ0) is 27.9. The van der Waals surface area contributed by atoms with Crippen molar-refractivity contribution in [3.8, 4) is 5.75 Å². The number of hydrogen-bond acceptors (Lipinski definition) is 5. The van der Waals surface area contributed by atoms with E-state index in [2.05, 4.69) is 5.32 Å². The zero-order valence-electron chi connectivity index (χ0n) is 21.8. The lowest BCUT2D eigenvalue weighted by molar-refractivity contribution is -0.139. The van der Waals surface area contributed by atoms with Crippen molar-refractivity contribution in [3.05, 3.63) is 88.9 Å². The molecule has 8 nitrogen and oxygen atoms in total. The van der Waals surface area contributed by atoms with Crippen LogP contribution in [0.15, 0.2) is 77.7 Å². The Balaban J connectivity index is 2.05. The van der Waals surface area contributed by atoms with Crippen molar-refractivity contribution in [2.45, 2.75) is 38.3 Å². The van der Waals surface area contributed by atoms with Crippen LogP contribution in [0.1, 0.15) is 25.0 Å². The summed E-state index contributed by atoms with van der Waals surface area (Å²) in [5.41, 5.74) is 1.73. The molecule has 3 aromatic rings. The number of nitrogens with one attached hydrogen (secondary N) is 1. The molecule has 0 aliphatic heterocycles. The van der Waals surface area contributed by atoms with E-state index in [0.717, 1.165) is 15.4 Å². The second-order valence-corrected chi connectivity index (χ2v) is 11.0. The molecule has 0 fully saturated rings. The summed E-state index contributed by atoms with van der Waals surface area (Å²) < 4.78 is 33.8. The van der Waals surface area contributed by atoms with Crippen LogP contribution in [0.5, 0.6) is 5.75 Å². The molecule has 0 saturated heterocycles. The van der Waals surface area contributed by atoms with Crippen LogP contribution in [0.2, 0.25) is 5.02 Å². The quantitative estimate of drug-likeness (QED) is 0.377. The van der Waals surface area contributed by atoms with Crippen LogP contribution in [0.3, 0.4) is 0 Å². The highest BCUT2D eigenvalue weighted by atomic mass is 35.5. The van der Waals surface area contributed by atoms with E-state index in [0.29, 0.717) is 17.3 Å². The van der Waals surface area contributed by atoms with Gasteiger partial charge < -0.3 is 15.0 Å². The smallest absolute Gasteiger partial charge is 0.264 e. The predicted molar refractivity (Wildman–Crippen MR) is 149 cm³/mol. The van der Waals surface area contributed by atoms with E-state index in [1.807, 2.05) is 6.07 Å². The van der Waals surface area contributed by atoms with Gasteiger partial charge in [-0.1, -0.05) is 48.0 Å². The monoisotopic (exact) mass is 557 g/mol. The second-order valence-electron chi connectivity index (χ2n) is 8.70. The first-order chi connectivity index (χ1) is 18.1. The van der Waals surface area contributed by atoms with E-state index in [-0.39, 0.29) is 23.0 Å². The summed E-state index contributed by atoms with van der Waals surface area (Å²) in [5.74, 6) is -0.300. The number of halogens is 1. The van der Waals surface area contributed by atoms with E-state index >= 15 is 0 Å². The molecule has 10 heteroatoms. The van der Waals surface area contributed by atoms with Crippen LogP contribution in [-0.2, 0) is 26.2 Å². The molecule has 2 amide bonds. The van der Waals surface area contributed by atoms with Crippen LogP contribution in [-0.4, -0.2) is 51.4 Å². The molecule has 0 aromatic heterocycles. The third-order valence-electron chi connectivity index (χ3n) is 6.06. The van der Waals surface area contributed by atoms with Crippen molar-refractivity contribution in [1.29, 1.82) is 0 Å². The lowest BCUT2D eigenvalue weighted by atomic mass is 10.1. The van der Waals surface area contributed by atoms with Crippen molar-refractivity contribution in [2.75, 3.05) is 24.5 Å². The first kappa shape index (κ1) is 29.0. The first-order valence-electron chi connectivity index (χ1n) is 12.1. The molecule has 0 radical (unpaired) electrons. The normalized spacial score (nSPS) is 11.9. The molecule has 0 heterocycles. The minimum atomic E-state index is -4.15. The number of carbonyl (C=O) groups excluding carboxylic acids is 2. The molecule has 0 bridgehead atoms. The van der Waals surface area contributed by atoms with Gasteiger partial charge in [-0.25, -0.2) is 8.42 Å². The van der Waals surface area contributed by atoms with Gasteiger partial charge in [-0.3, -0.25) is 13.9 Å². The number of amides is 2. The topological polar surface area (TPSA) is 96.0 Å². The fourth-order valence-electron chi connectivity index (χ4n) is 3.86. The van der Waals surface area contributed by atoms with Crippen molar-refractivity contribution in [3.63, 3.8) is 0 Å². The molecule has 1 N–H and O–H groups in total. The summed E-state index contributed by atoms with van der Waals surface area (Å²) in [5, 5.41) is 3.10. The van der Waals surface area contributed by atoms with Crippen LogP contribution >= 0.6 is 11.6 Å². The number of carbonyl (C=O) groups is 2. The zero-order valence-corrected chi connectivity index (χ0v) is 23.4. The summed E-state index contributed by atoms with van der Waals surface area (Å²) in [7, 11) is -2.61. The molecule has 202 valence electrons. The molecule has 3 aromatic carbocycles. The number of sulfonamides is 1. The summed E-state index contributed by atoms with van der Waals surface area (Å²) in [4.78, 5) is 28.0. The molecule has 38 heavy (non-hydrogen) atoms. The van der Waals surface area contributed by atoms with Gasteiger partial charge in [0.2, 0.25) is 11.8 Å². The van der Waals surface area contributed by atoms with Gasteiger partial charge in [-0.05, 0) is 68.3 Å². The maximum absolute atomic E-state index is 13.8. The standard InChI is InChI=1S/C28H32ClN3O5S/c1-5-30-28(34)21(3)31(18-22-10-9-11-24(16-22)37-4)27(33)19-32(23-15-14-20(2)26(29)17-23)38(35,36)25-12-7-6-8-13-25/h6-17,21H,5,18-19H2,1-4H3,(H,30,34)/t21-/m0/s1. The third-order valence-corrected chi connectivity index (χ3v) is 8.25. The minimum absolute atomic E-state index is 0.0283. The molecule has 3 rings (SSSR count). The maximum atomic E-state index is 13.8. The molecular formula is C28H32ClN3O5S. The summed E-state index contributed by atoms with van der Waals surface area (Å²) in [6.07, 6.45) is 0. The molecule has 0 spiro atoms. The molecule has 0 unspecified atom stereocenters. The number of anilines is 1. The highest BCUT2D eigenvalue weighted by Crippen LogP contribution is 2.28. The van der Waals surface area contributed by atoms with Gasteiger partial charge in [-0.2, -0.15) is 0 Å². The lowest BCUT2D eigenvalue weighted by Gasteiger charge is -2.32. The van der Waals surface area contributed by atoms with Crippen LogP contribution in [0.25, 0.3) is 0 Å². The lowest BCUT2D eigenvalue weighted by Crippen LogP contribution is -2.51. The molecule has 0 saturated carbocycles. The molecule has 0 aliphatic carbocycles. The van der Waals surface area contributed by atoms with Gasteiger partial charge >= 0.3 is 0 Å².